The minimum absolute atomic E-state index is 0.0902. The van der Waals surface area contributed by atoms with Crippen LogP contribution in [0.3, 0.4) is 0 Å². The number of hydrogen-bond donors (Lipinski definition) is 0. The number of alkyl halides is 3. The van der Waals surface area contributed by atoms with Gasteiger partial charge in [-0.2, -0.15) is 17.5 Å². The molecule has 1 saturated heterocycles. The number of ether oxygens (including phenoxy) is 1. The predicted molar refractivity (Wildman–Crippen MR) is 147 cm³/mol. The zero-order valence-electron chi connectivity index (χ0n) is 22.0. The number of hydrogen-bond acceptors (Lipinski definition) is 5. The van der Waals surface area contributed by atoms with Gasteiger partial charge in [-0.1, -0.05) is 36.4 Å². The van der Waals surface area contributed by atoms with E-state index < -0.39 is 26.7 Å². The molecule has 0 bridgehead atoms. The molecule has 0 unspecified atom stereocenters. The van der Waals surface area contributed by atoms with Gasteiger partial charge in [0, 0.05) is 37.8 Å². The third-order valence-corrected chi connectivity index (χ3v) is 8.97. The summed E-state index contributed by atoms with van der Waals surface area (Å²) in [6, 6.07) is 22.4. The number of pyridine rings is 1. The van der Waals surface area contributed by atoms with Gasteiger partial charge in [0.05, 0.1) is 16.0 Å². The van der Waals surface area contributed by atoms with Gasteiger partial charge in [-0.05, 0) is 73.5 Å². The lowest BCUT2D eigenvalue weighted by molar-refractivity contribution is -0.139. The molecule has 210 valence electrons. The van der Waals surface area contributed by atoms with Crippen LogP contribution in [0.5, 0.6) is 5.75 Å². The topological polar surface area (TPSA) is 62.7 Å². The lowest BCUT2D eigenvalue weighted by Crippen LogP contribution is -2.42. The van der Waals surface area contributed by atoms with Gasteiger partial charge in [-0.3, -0.25) is 9.88 Å². The number of benzene rings is 3. The molecule has 0 saturated carbocycles. The summed E-state index contributed by atoms with van der Waals surface area (Å²) in [6.07, 6.45) is -2.41. The largest absolute Gasteiger partial charge is 0.490 e. The second-order valence-electron chi connectivity index (χ2n) is 10.1. The van der Waals surface area contributed by atoms with Crippen molar-refractivity contribution in [2.45, 2.75) is 43.1 Å². The molecule has 0 aliphatic carbocycles. The molecular formula is C30H30F3N3O3S. The quantitative estimate of drug-likeness (QED) is 0.256. The van der Waals surface area contributed by atoms with Gasteiger partial charge in [0.2, 0.25) is 10.0 Å². The van der Waals surface area contributed by atoms with Crippen LogP contribution in [-0.4, -0.2) is 48.8 Å². The molecule has 0 amide bonds. The fraction of sp³-hybridized carbons (Fsp3) is 0.300. The first-order valence-corrected chi connectivity index (χ1v) is 14.5. The van der Waals surface area contributed by atoms with Crippen LogP contribution in [0.1, 0.15) is 29.5 Å². The van der Waals surface area contributed by atoms with E-state index in [-0.39, 0.29) is 19.2 Å². The Morgan fingerprint density at radius 2 is 1.60 bits per heavy atom. The molecular weight excluding hydrogens is 539 g/mol. The highest BCUT2D eigenvalue weighted by Crippen LogP contribution is 2.36. The molecule has 0 radical (unpaired) electrons. The summed E-state index contributed by atoms with van der Waals surface area (Å²) in [7, 11) is -2.21. The van der Waals surface area contributed by atoms with E-state index in [9.17, 15) is 21.6 Å². The maximum atomic E-state index is 13.4. The summed E-state index contributed by atoms with van der Waals surface area (Å²) in [6.45, 7) is 1.72. The molecule has 1 aliphatic heterocycles. The average Bonchev–Trinajstić information content (AvgIpc) is 2.94. The van der Waals surface area contributed by atoms with Gasteiger partial charge >= 0.3 is 6.18 Å². The third kappa shape index (κ3) is 6.46. The lowest BCUT2D eigenvalue weighted by Gasteiger charge is -2.32. The van der Waals surface area contributed by atoms with Crippen molar-refractivity contribution in [3.8, 4) is 5.75 Å². The molecule has 2 heterocycles. The second-order valence-corrected chi connectivity index (χ2v) is 12.0. The van der Waals surface area contributed by atoms with E-state index in [1.165, 1.54) is 17.7 Å². The molecule has 1 aliphatic rings. The number of piperidine rings is 1. The first-order valence-electron chi connectivity index (χ1n) is 13.0. The molecule has 10 heteroatoms. The van der Waals surface area contributed by atoms with Crippen LogP contribution in [0.2, 0.25) is 0 Å². The smallest absolute Gasteiger partial charge is 0.417 e. The zero-order chi connectivity index (χ0) is 28.3. The number of nitrogens with zero attached hydrogens (tertiary/aromatic N) is 3. The van der Waals surface area contributed by atoms with Crippen LogP contribution in [0, 0.1) is 0 Å². The Bertz CT molecular complexity index is 1570. The van der Waals surface area contributed by atoms with E-state index >= 15 is 0 Å². The molecule has 1 fully saturated rings. The Morgan fingerprint density at radius 3 is 2.33 bits per heavy atom. The highest BCUT2D eigenvalue weighted by molar-refractivity contribution is 7.89. The average molecular weight is 570 g/mol. The van der Waals surface area contributed by atoms with Gasteiger partial charge in [-0.25, -0.2) is 8.42 Å². The fourth-order valence-electron chi connectivity index (χ4n) is 5.02. The Morgan fingerprint density at radius 1 is 0.925 bits per heavy atom. The van der Waals surface area contributed by atoms with Crippen molar-refractivity contribution < 1.29 is 26.3 Å². The van der Waals surface area contributed by atoms with Crippen molar-refractivity contribution in [2.75, 3.05) is 20.1 Å². The normalized spacial score (nSPS) is 15.5. The molecule has 6 nitrogen and oxygen atoms in total. The maximum Gasteiger partial charge on any atom is 0.417 e. The van der Waals surface area contributed by atoms with Crippen LogP contribution >= 0.6 is 0 Å². The van der Waals surface area contributed by atoms with E-state index in [2.05, 4.69) is 35.1 Å². The van der Waals surface area contributed by atoms with E-state index in [0.29, 0.717) is 18.6 Å². The van der Waals surface area contributed by atoms with Crippen molar-refractivity contribution in [1.82, 2.24) is 14.2 Å². The van der Waals surface area contributed by atoms with Crippen LogP contribution in [0.25, 0.3) is 10.9 Å². The molecule has 0 spiro atoms. The van der Waals surface area contributed by atoms with Crippen molar-refractivity contribution in [2.24, 2.45) is 0 Å². The summed E-state index contributed by atoms with van der Waals surface area (Å²) in [5.74, 6) is 0.678. The molecule has 5 rings (SSSR count). The monoisotopic (exact) mass is 569 g/mol. The predicted octanol–water partition coefficient (Wildman–Crippen LogP) is 6.12. The van der Waals surface area contributed by atoms with Crippen molar-refractivity contribution in [3.63, 3.8) is 0 Å². The van der Waals surface area contributed by atoms with Gasteiger partial charge in [-0.15, -0.1) is 0 Å². The van der Waals surface area contributed by atoms with Crippen molar-refractivity contribution in [1.29, 1.82) is 0 Å². The Balaban J connectivity index is 1.14. The third-order valence-electron chi connectivity index (χ3n) is 7.01. The van der Waals surface area contributed by atoms with Crippen LogP contribution < -0.4 is 4.74 Å². The van der Waals surface area contributed by atoms with Gasteiger partial charge < -0.3 is 4.74 Å². The molecule has 0 N–H and O–H groups in total. The first kappa shape index (κ1) is 28.1. The first-order chi connectivity index (χ1) is 19.1. The molecule has 1 aromatic heterocycles. The number of halogens is 3. The fourth-order valence-corrected chi connectivity index (χ4v) is 6.71. The van der Waals surface area contributed by atoms with Crippen molar-refractivity contribution >= 4 is 20.9 Å². The number of aromatic nitrogens is 1. The van der Waals surface area contributed by atoms with Crippen LogP contribution in [-0.2, 0) is 29.3 Å². The van der Waals surface area contributed by atoms with Gasteiger partial charge in [0.15, 0.2) is 0 Å². The highest BCUT2D eigenvalue weighted by atomic mass is 32.2. The molecule has 40 heavy (non-hydrogen) atoms. The summed E-state index contributed by atoms with van der Waals surface area (Å²) in [5.41, 5.74) is 2.16. The number of sulfonamides is 1. The maximum absolute atomic E-state index is 13.4. The SMILES string of the molecule is CN(Cc1ccc(OC2CCN(S(=O)(=O)c3ccccc3C(F)(F)F)CC2)cc1)Cc1ccc2ncccc2c1. The Kier molecular flexibility index (Phi) is 8.11. The lowest BCUT2D eigenvalue weighted by atomic mass is 10.1. The standard InChI is InChI=1S/C30H30F3N3O3S/c1-35(21-23-10-13-28-24(19-23)5-4-16-34-28)20-22-8-11-25(12-9-22)39-26-14-17-36(18-15-26)40(37,38)29-7-3-2-6-27(29)30(31,32)33/h2-13,16,19,26H,14-15,17-18,20-21H2,1H3. The Hall–Kier alpha value is -3.47. The molecule has 3 aromatic carbocycles. The Labute approximate surface area is 232 Å². The number of fused-ring (bicyclic) bond motifs is 1. The number of rotatable bonds is 8. The summed E-state index contributed by atoms with van der Waals surface area (Å²) >= 11 is 0. The van der Waals surface area contributed by atoms with E-state index in [4.69, 9.17) is 4.74 Å². The van der Waals surface area contributed by atoms with Crippen LogP contribution in [0.15, 0.2) is 90.0 Å². The molecule has 0 atom stereocenters. The highest BCUT2D eigenvalue weighted by Gasteiger charge is 2.39. The second kappa shape index (κ2) is 11.6. The van der Waals surface area contributed by atoms with E-state index in [1.807, 2.05) is 36.4 Å². The van der Waals surface area contributed by atoms with Gasteiger partial charge in [0.25, 0.3) is 0 Å². The van der Waals surface area contributed by atoms with Crippen molar-refractivity contribution in [3.05, 3.63) is 102 Å². The minimum Gasteiger partial charge on any atom is -0.490 e. The summed E-state index contributed by atoms with van der Waals surface area (Å²) in [4.78, 5) is 5.88. The van der Waals surface area contributed by atoms with E-state index in [0.717, 1.165) is 46.0 Å². The summed E-state index contributed by atoms with van der Waals surface area (Å²) in [5, 5.41) is 1.12. The van der Waals surface area contributed by atoms with Crippen LogP contribution in [0.4, 0.5) is 13.2 Å². The zero-order valence-corrected chi connectivity index (χ0v) is 22.8. The van der Waals surface area contributed by atoms with E-state index in [1.54, 1.807) is 6.20 Å². The minimum atomic E-state index is -4.75. The summed E-state index contributed by atoms with van der Waals surface area (Å²) < 4.78 is 73.4. The molecule has 4 aromatic rings. The van der Waals surface area contributed by atoms with Gasteiger partial charge in [0.1, 0.15) is 11.9 Å².